The van der Waals surface area contributed by atoms with Gasteiger partial charge in [-0.05, 0) is 38.8 Å². The van der Waals surface area contributed by atoms with Crippen molar-refractivity contribution in [3.8, 4) is 0 Å². The first kappa shape index (κ1) is 12.0. The molecule has 1 aliphatic rings. The van der Waals surface area contributed by atoms with Crippen LogP contribution in [0.4, 0.5) is 0 Å². The maximum absolute atomic E-state index is 3.71. The van der Waals surface area contributed by atoms with Crippen LogP contribution in [-0.2, 0) is 0 Å². The molecule has 2 nitrogen and oxygen atoms in total. The first-order valence-corrected chi connectivity index (χ1v) is 6.33. The fourth-order valence-corrected chi connectivity index (χ4v) is 2.30. The number of nitrogens with one attached hydrogen (secondary N) is 2. The normalized spacial score (nSPS) is 21.0. The van der Waals surface area contributed by atoms with Crippen molar-refractivity contribution in [3.63, 3.8) is 0 Å². The van der Waals surface area contributed by atoms with Crippen molar-refractivity contribution < 1.29 is 0 Å². The SMILES string of the molecule is CCCNC1(NCCC)CCCCC1. The highest BCUT2D eigenvalue weighted by molar-refractivity contribution is 4.88. The Morgan fingerprint density at radius 3 is 1.79 bits per heavy atom. The third-order valence-corrected chi connectivity index (χ3v) is 3.13. The molecule has 1 aliphatic carbocycles. The van der Waals surface area contributed by atoms with Crippen LogP contribution < -0.4 is 10.6 Å². The zero-order valence-corrected chi connectivity index (χ0v) is 9.86. The van der Waals surface area contributed by atoms with Crippen LogP contribution in [0.1, 0.15) is 58.8 Å². The van der Waals surface area contributed by atoms with E-state index in [2.05, 4.69) is 24.5 Å². The summed E-state index contributed by atoms with van der Waals surface area (Å²) in [6.45, 7) is 6.78. The Bertz CT molecular complexity index is 129. The van der Waals surface area contributed by atoms with E-state index in [9.17, 15) is 0 Å². The Balaban J connectivity index is 2.39. The van der Waals surface area contributed by atoms with E-state index in [1.165, 1.54) is 44.9 Å². The number of hydrogen-bond donors (Lipinski definition) is 2. The summed E-state index contributed by atoms with van der Waals surface area (Å²) in [5.74, 6) is 0. The van der Waals surface area contributed by atoms with Gasteiger partial charge in [0, 0.05) is 0 Å². The molecule has 0 aliphatic heterocycles. The number of hydrogen-bond acceptors (Lipinski definition) is 2. The lowest BCUT2D eigenvalue weighted by Gasteiger charge is -2.39. The summed E-state index contributed by atoms with van der Waals surface area (Å²) in [6.07, 6.45) is 9.27. The fourth-order valence-electron chi connectivity index (χ4n) is 2.30. The van der Waals surface area contributed by atoms with E-state index in [1.807, 2.05) is 0 Å². The van der Waals surface area contributed by atoms with Gasteiger partial charge < -0.3 is 0 Å². The van der Waals surface area contributed by atoms with Gasteiger partial charge in [0.05, 0.1) is 5.66 Å². The maximum Gasteiger partial charge on any atom is 0.0687 e. The Labute approximate surface area is 88.8 Å². The van der Waals surface area contributed by atoms with Gasteiger partial charge in [0.15, 0.2) is 0 Å². The van der Waals surface area contributed by atoms with Crippen LogP contribution in [0.2, 0.25) is 0 Å². The lowest BCUT2D eigenvalue weighted by molar-refractivity contribution is 0.182. The number of rotatable bonds is 6. The van der Waals surface area contributed by atoms with Gasteiger partial charge in [-0.3, -0.25) is 10.6 Å². The first-order valence-electron chi connectivity index (χ1n) is 6.33. The van der Waals surface area contributed by atoms with E-state index in [-0.39, 0.29) is 5.66 Å². The second-order valence-electron chi connectivity index (χ2n) is 4.50. The molecule has 1 fully saturated rings. The molecule has 0 atom stereocenters. The fraction of sp³-hybridized carbons (Fsp3) is 1.00. The second-order valence-corrected chi connectivity index (χ2v) is 4.50. The topological polar surface area (TPSA) is 24.1 Å². The zero-order chi connectivity index (χ0) is 10.3. The van der Waals surface area contributed by atoms with Gasteiger partial charge in [-0.1, -0.05) is 33.1 Å². The average molecular weight is 198 g/mol. The third-order valence-electron chi connectivity index (χ3n) is 3.13. The molecule has 1 rings (SSSR count). The highest BCUT2D eigenvalue weighted by atomic mass is 15.2. The molecule has 0 heterocycles. The van der Waals surface area contributed by atoms with Gasteiger partial charge in [0.25, 0.3) is 0 Å². The van der Waals surface area contributed by atoms with E-state index in [0.717, 1.165) is 13.1 Å². The summed E-state index contributed by atoms with van der Waals surface area (Å²) in [5, 5.41) is 7.42. The Hall–Kier alpha value is -0.0800. The monoisotopic (exact) mass is 198 g/mol. The quantitative estimate of drug-likeness (QED) is 0.641. The van der Waals surface area contributed by atoms with Gasteiger partial charge in [-0.2, -0.15) is 0 Å². The highest BCUT2D eigenvalue weighted by Gasteiger charge is 2.29. The molecule has 2 N–H and O–H groups in total. The van der Waals surface area contributed by atoms with Crippen LogP contribution in [0.3, 0.4) is 0 Å². The van der Waals surface area contributed by atoms with E-state index < -0.39 is 0 Å². The van der Waals surface area contributed by atoms with Crippen LogP contribution in [0.5, 0.6) is 0 Å². The third kappa shape index (κ3) is 3.58. The molecule has 0 amide bonds. The molecular weight excluding hydrogens is 172 g/mol. The molecule has 0 spiro atoms. The van der Waals surface area contributed by atoms with Crippen molar-refractivity contribution in [2.75, 3.05) is 13.1 Å². The molecule has 0 aromatic heterocycles. The molecule has 84 valence electrons. The Morgan fingerprint density at radius 2 is 1.36 bits per heavy atom. The van der Waals surface area contributed by atoms with Crippen molar-refractivity contribution in [1.29, 1.82) is 0 Å². The van der Waals surface area contributed by atoms with E-state index in [1.54, 1.807) is 0 Å². The molecule has 2 heteroatoms. The van der Waals surface area contributed by atoms with Gasteiger partial charge >= 0.3 is 0 Å². The first-order chi connectivity index (χ1) is 6.83. The molecule has 0 aromatic rings. The molecule has 0 bridgehead atoms. The second kappa shape index (κ2) is 6.41. The van der Waals surface area contributed by atoms with Gasteiger partial charge in [-0.25, -0.2) is 0 Å². The highest BCUT2D eigenvalue weighted by Crippen LogP contribution is 2.25. The molecule has 1 saturated carbocycles. The zero-order valence-electron chi connectivity index (χ0n) is 9.86. The van der Waals surface area contributed by atoms with Crippen LogP contribution in [0.15, 0.2) is 0 Å². The van der Waals surface area contributed by atoms with Crippen LogP contribution >= 0.6 is 0 Å². The Morgan fingerprint density at radius 1 is 0.857 bits per heavy atom. The van der Waals surface area contributed by atoms with Crippen LogP contribution in [0, 0.1) is 0 Å². The minimum absolute atomic E-state index is 0.282. The standard InChI is InChI=1S/C12H26N2/c1-3-10-13-12(14-11-4-2)8-6-5-7-9-12/h13-14H,3-11H2,1-2H3. The van der Waals surface area contributed by atoms with E-state index >= 15 is 0 Å². The smallest absolute Gasteiger partial charge is 0.0687 e. The predicted molar refractivity (Wildman–Crippen MR) is 62.4 cm³/mol. The molecule has 0 unspecified atom stereocenters. The summed E-state index contributed by atoms with van der Waals surface area (Å²) < 4.78 is 0. The minimum atomic E-state index is 0.282. The van der Waals surface area contributed by atoms with Gasteiger partial charge in [0.1, 0.15) is 0 Å². The minimum Gasteiger partial charge on any atom is -0.299 e. The lowest BCUT2D eigenvalue weighted by Crippen LogP contribution is -2.58. The van der Waals surface area contributed by atoms with E-state index in [0.29, 0.717) is 0 Å². The summed E-state index contributed by atoms with van der Waals surface area (Å²) in [6, 6.07) is 0. The van der Waals surface area contributed by atoms with Crippen molar-refractivity contribution in [3.05, 3.63) is 0 Å². The van der Waals surface area contributed by atoms with E-state index in [4.69, 9.17) is 0 Å². The van der Waals surface area contributed by atoms with Crippen molar-refractivity contribution >= 4 is 0 Å². The van der Waals surface area contributed by atoms with Gasteiger partial charge in [0.2, 0.25) is 0 Å². The Kier molecular flexibility index (Phi) is 5.49. The summed E-state index contributed by atoms with van der Waals surface area (Å²) >= 11 is 0. The molecule has 0 aromatic carbocycles. The molecule has 14 heavy (non-hydrogen) atoms. The van der Waals surface area contributed by atoms with Gasteiger partial charge in [-0.15, -0.1) is 0 Å². The average Bonchev–Trinajstić information content (AvgIpc) is 2.25. The molecule has 0 saturated heterocycles. The summed E-state index contributed by atoms with van der Waals surface area (Å²) in [5.41, 5.74) is 0.282. The maximum atomic E-state index is 3.71. The predicted octanol–water partition coefficient (Wildman–Crippen LogP) is 2.65. The largest absolute Gasteiger partial charge is 0.299 e. The molecular formula is C12H26N2. The summed E-state index contributed by atoms with van der Waals surface area (Å²) in [7, 11) is 0. The van der Waals surface area contributed by atoms with Crippen molar-refractivity contribution in [2.45, 2.75) is 64.5 Å². The van der Waals surface area contributed by atoms with Crippen LogP contribution in [-0.4, -0.2) is 18.8 Å². The lowest BCUT2D eigenvalue weighted by atomic mass is 9.88. The summed E-state index contributed by atoms with van der Waals surface area (Å²) in [4.78, 5) is 0. The van der Waals surface area contributed by atoms with Crippen LogP contribution in [0.25, 0.3) is 0 Å². The van der Waals surface area contributed by atoms with Crippen molar-refractivity contribution in [2.24, 2.45) is 0 Å². The molecule has 0 radical (unpaired) electrons. The van der Waals surface area contributed by atoms with Crippen molar-refractivity contribution in [1.82, 2.24) is 10.6 Å².